The van der Waals surface area contributed by atoms with Crippen molar-refractivity contribution >= 4 is 17.7 Å². The Bertz CT molecular complexity index is 625. The Kier molecular flexibility index (Phi) is 3.40. The van der Waals surface area contributed by atoms with Crippen LogP contribution in [0.4, 0.5) is 0 Å². The summed E-state index contributed by atoms with van der Waals surface area (Å²) in [5.41, 5.74) is -3.99. The van der Waals surface area contributed by atoms with Crippen LogP contribution < -0.4 is 0 Å². The minimum absolute atomic E-state index is 0.0502. The minimum Gasteiger partial charge on any atom is -0.481 e. The van der Waals surface area contributed by atoms with E-state index in [2.05, 4.69) is 0 Å². The average Bonchev–Trinajstić information content (AvgIpc) is 2.75. The zero-order valence-corrected chi connectivity index (χ0v) is 12.7. The number of esters is 1. The molecule has 0 spiro atoms. The molecule has 0 unspecified atom stereocenters. The van der Waals surface area contributed by atoms with Crippen molar-refractivity contribution in [3.63, 3.8) is 0 Å². The van der Waals surface area contributed by atoms with Gasteiger partial charge in [-0.3, -0.25) is 9.59 Å². The van der Waals surface area contributed by atoms with Gasteiger partial charge in [0.1, 0.15) is 6.10 Å². The highest BCUT2D eigenvalue weighted by atomic mass is 16.6. The van der Waals surface area contributed by atoms with Crippen LogP contribution in [0.3, 0.4) is 0 Å². The van der Waals surface area contributed by atoms with Crippen molar-refractivity contribution in [2.24, 2.45) is 5.92 Å². The van der Waals surface area contributed by atoms with Crippen LogP contribution in [0.15, 0.2) is 11.6 Å². The highest BCUT2D eigenvalue weighted by Gasteiger charge is 2.69. The number of carbonyl (C=O) groups is 3. The summed E-state index contributed by atoms with van der Waals surface area (Å²) in [5.74, 6) is -4.85. The van der Waals surface area contributed by atoms with Crippen LogP contribution in [0.1, 0.15) is 26.7 Å². The van der Waals surface area contributed by atoms with Gasteiger partial charge in [-0.05, 0) is 38.3 Å². The maximum absolute atomic E-state index is 12.6. The van der Waals surface area contributed by atoms with Crippen molar-refractivity contribution in [2.45, 2.75) is 56.2 Å². The molecule has 0 aromatic rings. The van der Waals surface area contributed by atoms with Crippen molar-refractivity contribution in [1.29, 1.82) is 0 Å². The first-order chi connectivity index (χ1) is 10.6. The van der Waals surface area contributed by atoms with Gasteiger partial charge < -0.3 is 24.8 Å². The van der Waals surface area contributed by atoms with Gasteiger partial charge in [0.15, 0.2) is 23.1 Å². The Morgan fingerprint density at radius 1 is 1.35 bits per heavy atom. The zero-order chi connectivity index (χ0) is 17.2. The molecule has 2 saturated heterocycles. The third kappa shape index (κ3) is 1.98. The van der Waals surface area contributed by atoms with Crippen molar-refractivity contribution in [2.75, 3.05) is 0 Å². The SMILES string of the molecule is C/C1=C/C(=O)[C@](O)([C@H](C)C(=O)O)[C@@H]2OC(=O)[C@]3(O)CC[C@H]1O[C@@H]23. The number of carboxylic acid groups (broad SMARTS) is 1. The Morgan fingerprint density at radius 3 is 2.61 bits per heavy atom. The van der Waals surface area contributed by atoms with E-state index in [9.17, 15) is 29.7 Å². The van der Waals surface area contributed by atoms with E-state index in [1.165, 1.54) is 0 Å². The molecule has 0 aromatic carbocycles. The van der Waals surface area contributed by atoms with E-state index >= 15 is 0 Å². The number of rotatable bonds is 2. The van der Waals surface area contributed by atoms with E-state index < -0.39 is 53.2 Å². The number of carbonyl (C=O) groups excluding carboxylic acids is 2. The van der Waals surface area contributed by atoms with Crippen molar-refractivity contribution in [3.05, 3.63) is 11.6 Å². The van der Waals surface area contributed by atoms with Gasteiger partial charge in [0.25, 0.3) is 0 Å². The third-order valence-corrected chi connectivity index (χ3v) is 5.16. The highest BCUT2D eigenvalue weighted by Crippen LogP contribution is 2.46. The molecule has 3 N–H and O–H groups in total. The third-order valence-electron chi connectivity index (χ3n) is 5.16. The second-order valence-electron chi connectivity index (χ2n) is 6.47. The lowest BCUT2D eigenvalue weighted by Crippen LogP contribution is -2.64. The van der Waals surface area contributed by atoms with E-state index in [0.717, 1.165) is 13.0 Å². The topological polar surface area (TPSA) is 130 Å². The molecule has 8 nitrogen and oxygen atoms in total. The molecule has 8 heteroatoms. The maximum Gasteiger partial charge on any atom is 0.341 e. The summed E-state index contributed by atoms with van der Waals surface area (Å²) in [6.07, 6.45) is -1.87. The summed E-state index contributed by atoms with van der Waals surface area (Å²) < 4.78 is 10.8. The van der Waals surface area contributed by atoms with Crippen LogP contribution in [0.25, 0.3) is 0 Å². The van der Waals surface area contributed by atoms with Gasteiger partial charge in [-0.1, -0.05) is 0 Å². The monoisotopic (exact) mass is 326 g/mol. The average molecular weight is 326 g/mol. The van der Waals surface area contributed by atoms with Crippen LogP contribution >= 0.6 is 0 Å². The van der Waals surface area contributed by atoms with Crippen LogP contribution in [0.5, 0.6) is 0 Å². The lowest BCUT2D eigenvalue weighted by molar-refractivity contribution is -0.199. The fourth-order valence-corrected chi connectivity index (χ4v) is 3.53. The summed E-state index contributed by atoms with van der Waals surface area (Å²) >= 11 is 0. The molecule has 6 atom stereocenters. The van der Waals surface area contributed by atoms with Gasteiger partial charge in [-0.2, -0.15) is 0 Å². The molecule has 3 aliphatic heterocycles. The smallest absolute Gasteiger partial charge is 0.341 e. The van der Waals surface area contributed by atoms with Crippen LogP contribution in [-0.2, 0) is 23.9 Å². The Morgan fingerprint density at radius 2 is 2.00 bits per heavy atom. The number of hydrogen-bond acceptors (Lipinski definition) is 7. The molecule has 3 heterocycles. The molecule has 126 valence electrons. The lowest BCUT2D eigenvalue weighted by Gasteiger charge is -2.43. The van der Waals surface area contributed by atoms with E-state index in [4.69, 9.17) is 9.47 Å². The van der Waals surface area contributed by atoms with E-state index in [0.29, 0.717) is 12.0 Å². The largest absolute Gasteiger partial charge is 0.481 e. The molecule has 23 heavy (non-hydrogen) atoms. The highest BCUT2D eigenvalue weighted by molar-refractivity contribution is 6.02. The molecule has 2 fully saturated rings. The summed E-state index contributed by atoms with van der Waals surface area (Å²) in [6, 6.07) is 0. The number of hydrogen-bond donors (Lipinski definition) is 3. The summed E-state index contributed by atoms with van der Waals surface area (Å²) in [6.45, 7) is 2.77. The fraction of sp³-hybridized carbons (Fsp3) is 0.667. The Labute approximate surface area is 131 Å². The first-order valence-corrected chi connectivity index (χ1v) is 7.39. The number of ether oxygens (including phenoxy) is 2. The number of fused-ring (bicyclic) bond motifs is 1. The molecule has 0 radical (unpaired) electrons. The van der Waals surface area contributed by atoms with Crippen molar-refractivity contribution < 1.29 is 39.2 Å². The second kappa shape index (κ2) is 4.86. The summed E-state index contributed by atoms with van der Waals surface area (Å²) in [5, 5.41) is 30.7. The van der Waals surface area contributed by atoms with Gasteiger partial charge in [-0.15, -0.1) is 0 Å². The summed E-state index contributed by atoms with van der Waals surface area (Å²) in [7, 11) is 0. The quantitative estimate of drug-likeness (QED) is 0.561. The molecule has 0 amide bonds. The first-order valence-electron chi connectivity index (χ1n) is 7.39. The molecular weight excluding hydrogens is 308 g/mol. The van der Waals surface area contributed by atoms with E-state index in [1.807, 2.05) is 0 Å². The Balaban J connectivity index is 2.18. The number of ketones is 1. The summed E-state index contributed by atoms with van der Waals surface area (Å²) in [4.78, 5) is 36.0. The predicted molar refractivity (Wildman–Crippen MR) is 73.2 cm³/mol. The standard InChI is InChI=1S/C15H18O8/c1-6-5-9(16)15(21,7(2)12(17)18)11-10-14(20,13(19)23-11)4-3-8(6)22-10/h5,7-8,10-11,20-21H,3-4H2,1-2H3,(H,17,18)/b6-5-/t7-,8-,10+,11-,14+,15-/m1/s1. The van der Waals surface area contributed by atoms with Crippen LogP contribution in [-0.4, -0.2) is 62.6 Å². The second-order valence-corrected chi connectivity index (χ2v) is 6.47. The number of aliphatic hydroxyl groups is 2. The molecule has 0 aliphatic carbocycles. The fourth-order valence-electron chi connectivity index (χ4n) is 3.53. The molecule has 0 saturated carbocycles. The normalized spacial score (nSPS) is 46.3. The molecule has 2 bridgehead atoms. The predicted octanol–water partition coefficient (Wildman–Crippen LogP) is -0.829. The van der Waals surface area contributed by atoms with E-state index in [-0.39, 0.29) is 6.42 Å². The molecule has 0 aromatic heterocycles. The Hall–Kier alpha value is -1.77. The van der Waals surface area contributed by atoms with Gasteiger partial charge in [-0.25, -0.2) is 4.79 Å². The van der Waals surface area contributed by atoms with Crippen molar-refractivity contribution in [1.82, 2.24) is 0 Å². The zero-order valence-electron chi connectivity index (χ0n) is 12.7. The van der Waals surface area contributed by atoms with E-state index in [1.54, 1.807) is 6.92 Å². The molecular formula is C15H18O8. The van der Waals surface area contributed by atoms with Gasteiger partial charge >= 0.3 is 11.9 Å². The maximum atomic E-state index is 12.6. The van der Waals surface area contributed by atoms with Gasteiger partial charge in [0.2, 0.25) is 0 Å². The number of carboxylic acids is 1. The minimum atomic E-state index is -2.51. The number of aliphatic carboxylic acids is 1. The van der Waals surface area contributed by atoms with Gasteiger partial charge in [0, 0.05) is 0 Å². The molecule has 3 rings (SSSR count). The van der Waals surface area contributed by atoms with Crippen LogP contribution in [0.2, 0.25) is 0 Å². The van der Waals surface area contributed by atoms with Crippen LogP contribution in [0, 0.1) is 5.92 Å². The first kappa shape index (κ1) is 16.1. The lowest BCUT2D eigenvalue weighted by atomic mass is 9.72. The molecule has 3 aliphatic rings. The van der Waals surface area contributed by atoms with Gasteiger partial charge in [0.05, 0.1) is 12.0 Å². The van der Waals surface area contributed by atoms with Crippen molar-refractivity contribution in [3.8, 4) is 0 Å².